The van der Waals surface area contributed by atoms with Gasteiger partial charge in [-0.2, -0.15) is 0 Å². The zero-order chi connectivity index (χ0) is 24.3. The van der Waals surface area contributed by atoms with Crippen molar-refractivity contribution in [2.24, 2.45) is 0 Å². The number of aromatic nitrogens is 1. The molecule has 0 saturated carbocycles. The molecule has 1 N–H and O–H groups in total. The van der Waals surface area contributed by atoms with Gasteiger partial charge in [-0.1, -0.05) is 51.1 Å². The van der Waals surface area contributed by atoms with Crippen LogP contribution in [0.25, 0.3) is 0 Å². The van der Waals surface area contributed by atoms with Crippen molar-refractivity contribution in [3.8, 4) is 0 Å². The summed E-state index contributed by atoms with van der Waals surface area (Å²) in [6.45, 7) is 6.74. The molecule has 2 aromatic carbocycles. The summed E-state index contributed by atoms with van der Waals surface area (Å²) in [7, 11) is 0. The van der Waals surface area contributed by atoms with Gasteiger partial charge in [-0.15, -0.1) is 11.8 Å². The van der Waals surface area contributed by atoms with Gasteiger partial charge in [-0.05, 0) is 52.9 Å². The van der Waals surface area contributed by atoms with Gasteiger partial charge in [0.2, 0.25) is 5.91 Å². The number of nitrogens with one attached hydrogen (secondary N) is 1. The van der Waals surface area contributed by atoms with Crippen LogP contribution in [-0.4, -0.2) is 33.5 Å². The molecule has 0 aliphatic carbocycles. The van der Waals surface area contributed by atoms with Crippen LogP contribution >= 0.6 is 11.8 Å². The molecule has 2 atom stereocenters. The predicted octanol–water partition coefficient (Wildman–Crippen LogP) is 5.09. The van der Waals surface area contributed by atoms with Crippen molar-refractivity contribution in [3.63, 3.8) is 0 Å². The third-order valence-corrected chi connectivity index (χ3v) is 7.18. The van der Waals surface area contributed by atoms with Crippen molar-refractivity contribution in [2.45, 2.75) is 44.1 Å². The number of carbonyl (C=O) groups excluding carboxylic acids is 2. The summed E-state index contributed by atoms with van der Waals surface area (Å²) in [4.78, 5) is 32.6. The molecule has 1 aromatic heterocycles. The maximum atomic E-state index is 13.6. The largest absolute Gasteiger partial charge is 0.349 e. The van der Waals surface area contributed by atoms with Crippen molar-refractivity contribution >= 4 is 23.6 Å². The van der Waals surface area contributed by atoms with Crippen LogP contribution < -0.4 is 5.32 Å². The van der Waals surface area contributed by atoms with Crippen LogP contribution in [0.15, 0.2) is 72.9 Å². The maximum Gasteiger partial charge on any atom is 0.255 e. The highest BCUT2D eigenvalue weighted by Gasteiger charge is 2.42. The molecule has 0 bridgehead atoms. The van der Waals surface area contributed by atoms with Gasteiger partial charge in [0.25, 0.3) is 5.91 Å². The van der Waals surface area contributed by atoms with Crippen molar-refractivity contribution in [2.75, 3.05) is 5.75 Å². The second kappa shape index (κ2) is 9.97. The number of amides is 2. The maximum absolute atomic E-state index is 13.6. The van der Waals surface area contributed by atoms with E-state index in [2.05, 4.69) is 43.2 Å². The van der Waals surface area contributed by atoms with Crippen LogP contribution in [0.3, 0.4) is 0 Å². The summed E-state index contributed by atoms with van der Waals surface area (Å²) in [6.07, 6.45) is 1.68. The van der Waals surface area contributed by atoms with Crippen LogP contribution in [0.2, 0.25) is 0 Å². The average molecular weight is 478 g/mol. The van der Waals surface area contributed by atoms with Crippen LogP contribution in [0, 0.1) is 5.82 Å². The fraction of sp³-hybridized carbons (Fsp3) is 0.296. The number of pyridine rings is 1. The summed E-state index contributed by atoms with van der Waals surface area (Å²) in [5, 5.41) is 2.60. The van der Waals surface area contributed by atoms with Gasteiger partial charge >= 0.3 is 0 Å². The predicted molar refractivity (Wildman–Crippen MR) is 133 cm³/mol. The van der Waals surface area contributed by atoms with E-state index in [-0.39, 0.29) is 29.1 Å². The Morgan fingerprint density at radius 3 is 2.38 bits per heavy atom. The van der Waals surface area contributed by atoms with Crippen molar-refractivity contribution < 1.29 is 14.0 Å². The number of carbonyl (C=O) groups is 2. The number of thioether (sulfide) groups is 1. The zero-order valence-electron chi connectivity index (χ0n) is 19.5. The van der Waals surface area contributed by atoms with E-state index in [9.17, 15) is 14.0 Å². The summed E-state index contributed by atoms with van der Waals surface area (Å²) in [6, 6.07) is 18.5. The summed E-state index contributed by atoms with van der Waals surface area (Å²) in [5.74, 6) is -0.478. The molecule has 176 valence electrons. The Morgan fingerprint density at radius 1 is 1.06 bits per heavy atom. The molecule has 0 radical (unpaired) electrons. The van der Waals surface area contributed by atoms with Crippen molar-refractivity contribution in [1.82, 2.24) is 15.2 Å². The minimum Gasteiger partial charge on any atom is -0.349 e. The second-order valence-corrected chi connectivity index (χ2v) is 10.4. The Labute approximate surface area is 203 Å². The van der Waals surface area contributed by atoms with Gasteiger partial charge < -0.3 is 10.2 Å². The first-order valence-electron chi connectivity index (χ1n) is 11.2. The fourth-order valence-electron chi connectivity index (χ4n) is 3.90. The van der Waals surface area contributed by atoms with Gasteiger partial charge in [0, 0.05) is 17.5 Å². The molecule has 1 aliphatic heterocycles. The van der Waals surface area contributed by atoms with E-state index in [0.717, 1.165) is 11.3 Å². The standard InChI is InChI=1S/C27H28FN3O2S/c1-27(2,3)20-11-7-19(8-12-20)26-31(25(33)18-9-13-21(28)14-10-18)23(17-34-26)24(32)30-16-22-6-4-5-15-29-22/h4-15,23,26H,16-17H2,1-3H3,(H,30,32). The van der Waals surface area contributed by atoms with Gasteiger partial charge in [0.1, 0.15) is 17.2 Å². The molecule has 5 nitrogen and oxygen atoms in total. The minimum atomic E-state index is -0.654. The zero-order valence-corrected chi connectivity index (χ0v) is 20.3. The van der Waals surface area contributed by atoms with Crippen LogP contribution in [-0.2, 0) is 16.8 Å². The molecule has 4 rings (SSSR count). The Kier molecular flexibility index (Phi) is 7.03. The number of benzene rings is 2. The lowest BCUT2D eigenvalue weighted by Crippen LogP contribution is -2.47. The first kappa shape index (κ1) is 24.0. The van der Waals surface area contributed by atoms with Crippen LogP contribution in [0.4, 0.5) is 4.39 Å². The lowest BCUT2D eigenvalue weighted by Gasteiger charge is -2.29. The molecule has 3 aromatic rings. The molecule has 2 unspecified atom stereocenters. The molecule has 1 fully saturated rings. The summed E-state index contributed by atoms with van der Waals surface area (Å²) >= 11 is 1.56. The number of hydrogen-bond acceptors (Lipinski definition) is 4. The van der Waals surface area contributed by atoms with Crippen LogP contribution in [0.1, 0.15) is 53.3 Å². The molecule has 2 heterocycles. The molecular weight excluding hydrogens is 449 g/mol. The topological polar surface area (TPSA) is 62.3 Å². The van der Waals surface area contributed by atoms with Gasteiger partial charge in [0.05, 0.1) is 12.2 Å². The highest BCUT2D eigenvalue weighted by atomic mass is 32.2. The van der Waals surface area contributed by atoms with E-state index in [1.807, 2.05) is 30.3 Å². The van der Waals surface area contributed by atoms with E-state index in [1.54, 1.807) is 22.9 Å². The molecule has 34 heavy (non-hydrogen) atoms. The third-order valence-electron chi connectivity index (χ3n) is 5.86. The molecule has 1 aliphatic rings. The number of hydrogen-bond donors (Lipinski definition) is 1. The highest BCUT2D eigenvalue weighted by molar-refractivity contribution is 7.99. The van der Waals surface area contributed by atoms with E-state index >= 15 is 0 Å². The normalized spacial score (nSPS) is 18.1. The summed E-state index contributed by atoms with van der Waals surface area (Å²) < 4.78 is 13.5. The second-order valence-electron chi connectivity index (χ2n) is 9.33. The number of rotatable bonds is 5. The number of halogens is 1. The van der Waals surface area contributed by atoms with Gasteiger partial charge in [0.15, 0.2) is 0 Å². The smallest absolute Gasteiger partial charge is 0.255 e. The molecule has 1 saturated heterocycles. The Balaban J connectivity index is 1.61. The quantitative estimate of drug-likeness (QED) is 0.556. The SMILES string of the molecule is CC(C)(C)c1ccc(C2SCC(C(=O)NCc3ccccn3)N2C(=O)c2ccc(F)cc2)cc1. The van der Waals surface area contributed by atoms with Crippen molar-refractivity contribution in [1.29, 1.82) is 0 Å². The number of nitrogens with zero attached hydrogens (tertiary/aromatic N) is 2. The van der Waals surface area contributed by atoms with Crippen molar-refractivity contribution in [3.05, 3.63) is 101 Å². The van der Waals surface area contributed by atoms with E-state index in [0.29, 0.717) is 11.3 Å². The highest BCUT2D eigenvalue weighted by Crippen LogP contribution is 2.42. The first-order chi connectivity index (χ1) is 16.2. The minimum absolute atomic E-state index is 0.0128. The molecule has 2 amide bonds. The lowest BCUT2D eigenvalue weighted by molar-refractivity contribution is -0.125. The first-order valence-corrected chi connectivity index (χ1v) is 12.3. The fourth-order valence-corrected chi connectivity index (χ4v) is 5.33. The third kappa shape index (κ3) is 5.30. The van der Waals surface area contributed by atoms with Gasteiger partial charge in [-0.3, -0.25) is 14.6 Å². The van der Waals surface area contributed by atoms with E-state index in [1.165, 1.54) is 29.8 Å². The molecule has 7 heteroatoms. The Hall–Kier alpha value is -3.19. The molecular formula is C27H28FN3O2S. The van der Waals surface area contributed by atoms with Crippen LogP contribution in [0.5, 0.6) is 0 Å². The lowest BCUT2D eigenvalue weighted by atomic mass is 9.86. The monoisotopic (exact) mass is 477 g/mol. The van der Waals surface area contributed by atoms with E-state index < -0.39 is 11.9 Å². The van der Waals surface area contributed by atoms with Gasteiger partial charge in [-0.25, -0.2) is 4.39 Å². The average Bonchev–Trinajstić information content (AvgIpc) is 3.28. The Bertz CT molecular complexity index is 1150. The van der Waals surface area contributed by atoms with E-state index in [4.69, 9.17) is 0 Å². The summed E-state index contributed by atoms with van der Waals surface area (Å²) in [5.41, 5.74) is 3.25. The molecule has 0 spiro atoms. The Morgan fingerprint density at radius 2 is 1.76 bits per heavy atom.